The number of aromatic nitrogens is 3. The maximum atomic E-state index is 5.99. The Hall–Kier alpha value is -1.46. The summed E-state index contributed by atoms with van der Waals surface area (Å²) in [6.45, 7) is 0. The number of fused-ring (bicyclic) bond motifs is 2. The molecule has 0 unspecified atom stereocenters. The van der Waals surface area contributed by atoms with Crippen molar-refractivity contribution >= 4 is 34.4 Å². The lowest BCUT2D eigenvalue weighted by molar-refractivity contribution is 0.369. The van der Waals surface area contributed by atoms with Crippen molar-refractivity contribution in [2.24, 2.45) is 0 Å². The molecule has 21 heavy (non-hydrogen) atoms. The van der Waals surface area contributed by atoms with Gasteiger partial charge in [-0.2, -0.15) is 0 Å². The Balaban J connectivity index is 1.54. The van der Waals surface area contributed by atoms with Crippen LogP contribution < -0.4 is 0 Å². The van der Waals surface area contributed by atoms with Gasteiger partial charge in [0.2, 0.25) is 0 Å². The van der Waals surface area contributed by atoms with Gasteiger partial charge in [0.1, 0.15) is 5.76 Å². The summed E-state index contributed by atoms with van der Waals surface area (Å²) in [5.41, 5.74) is 4.28. The predicted molar refractivity (Wildman–Crippen MR) is 83.8 cm³/mol. The molecule has 0 amide bonds. The summed E-state index contributed by atoms with van der Waals surface area (Å²) in [5.74, 6) is 1.86. The molecule has 3 aromatic rings. The zero-order chi connectivity index (χ0) is 14.2. The van der Waals surface area contributed by atoms with E-state index in [9.17, 15) is 0 Å². The number of halogens is 1. The van der Waals surface area contributed by atoms with Crippen LogP contribution in [0.3, 0.4) is 0 Å². The zero-order valence-electron chi connectivity index (χ0n) is 11.4. The second-order valence-corrected chi connectivity index (χ2v) is 6.63. The molecule has 6 heteroatoms. The maximum Gasteiger partial charge on any atom is 0.166 e. The maximum absolute atomic E-state index is 5.99. The number of aryl methyl sites for hydroxylation is 1. The molecular formula is C15H14ClN3OS. The summed E-state index contributed by atoms with van der Waals surface area (Å²) in [6, 6.07) is 5.68. The average Bonchev–Trinajstić information content (AvgIpc) is 3.08. The summed E-state index contributed by atoms with van der Waals surface area (Å²) < 4.78 is 5.44. The molecule has 0 saturated carbocycles. The van der Waals surface area contributed by atoms with E-state index in [0.29, 0.717) is 5.02 Å². The Morgan fingerprint density at radius 3 is 3.14 bits per heavy atom. The fraction of sp³-hybridized carbons (Fsp3) is 0.333. The Morgan fingerprint density at radius 1 is 1.29 bits per heavy atom. The van der Waals surface area contributed by atoms with Crippen molar-refractivity contribution in [1.29, 1.82) is 0 Å². The zero-order valence-corrected chi connectivity index (χ0v) is 12.9. The first-order valence-corrected chi connectivity index (χ1v) is 8.40. The van der Waals surface area contributed by atoms with Gasteiger partial charge in [-0.15, -0.1) is 0 Å². The minimum Gasteiger partial charge on any atom is -0.361 e. The van der Waals surface area contributed by atoms with Crippen LogP contribution >= 0.6 is 23.4 Å². The number of nitrogens with one attached hydrogen (secondary N) is 1. The van der Waals surface area contributed by atoms with E-state index in [1.165, 1.54) is 18.4 Å². The van der Waals surface area contributed by atoms with E-state index in [0.717, 1.165) is 46.2 Å². The molecule has 1 aliphatic carbocycles. The molecule has 0 spiro atoms. The van der Waals surface area contributed by atoms with Crippen LogP contribution in [0, 0.1) is 0 Å². The third kappa shape index (κ3) is 2.56. The molecule has 2 aromatic heterocycles. The van der Waals surface area contributed by atoms with E-state index in [1.54, 1.807) is 11.8 Å². The van der Waals surface area contributed by atoms with Gasteiger partial charge >= 0.3 is 0 Å². The minimum atomic E-state index is 0.716. The number of thioether (sulfide) groups is 1. The van der Waals surface area contributed by atoms with Crippen molar-refractivity contribution in [1.82, 2.24) is 15.1 Å². The molecule has 4 rings (SSSR count). The number of hydrogen-bond acceptors (Lipinski definition) is 4. The highest BCUT2D eigenvalue weighted by Crippen LogP contribution is 2.29. The Bertz CT molecular complexity index is 795. The van der Waals surface area contributed by atoms with Crippen molar-refractivity contribution in [2.45, 2.75) is 36.6 Å². The summed E-state index contributed by atoms with van der Waals surface area (Å²) in [5, 5.41) is 5.83. The van der Waals surface area contributed by atoms with Gasteiger partial charge in [-0.25, -0.2) is 4.98 Å². The van der Waals surface area contributed by atoms with Gasteiger partial charge in [0.05, 0.1) is 16.7 Å². The highest BCUT2D eigenvalue weighted by Gasteiger charge is 2.19. The Morgan fingerprint density at radius 2 is 2.19 bits per heavy atom. The molecule has 1 aliphatic rings. The Kier molecular flexibility index (Phi) is 3.39. The van der Waals surface area contributed by atoms with Crippen LogP contribution in [0.1, 0.15) is 29.9 Å². The van der Waals surface area contributed by atoms with E-state index >= 15 is 0 Å². The first kappa shape index (κ1) is 13.2. The number of benzene rings is 1. The summed E-state index contributed by atoms with van der Waals surface area (Å²) in [4.78, 5) is 7.84. The molecule has 0 atom stereocenters. The highest BCUT2D eigenvalue weighted by molar-refractivity contribution is 7.98. The van der Waals surface area contributed by atoms with Crippen LogP contribution in [0.4, 0.5) is 0 Å². The van der Waals surface area contributed by atoms with Crippen molar-refractivity contribution in [3.8, 4) is 0 Å². The second-order valence-electron chi connectivity index (χ2n) is 5.23. The second kappa shape index (κ2) is 5.39. The molecule has 0 aliphatic heterocycles. The fourth-order valence-electron chi connectivity index (χ4n) is 2.73. The van der Waals surface area contributed by atoms with Crippen LogP contribution in [-0.2, 0) is 18.6 Å². The van der Waals surface area contributed by atoms with Crippen molar-refractivity contribution < 1.29 is 4.52 Å². The van der Waals surface area contributed by atoms with Crippen molar-refractivity contribution in [3.05, 3.63) is 40.2 Å². The fourth-order valence-corrected chi connectivity index (χ4v) is 3.74. The van der Waals surface area contributed by atoms with Crippen LogP contribution in [0.2, 0.25) is 5.02 Å². The van der Waals surface area contributed by atoms with Gasteiger partial charge in [-0.1, -0.05) is 28.5 Å². The predicted octanol–water partition coefficient (Wildman–Crippen LogP) is 4.38. The molecule has 1 aromatic carbocycles. The third-order valence-corrected chi connectivity index (χ3v) is 4.92. The topological polar surface area (TPSA) is 54.7 Å². The lowest BCUT2D eigenvalue weighted by atomic mass is 9.97. The van der Waals surface area contributed by atoms with E-state index in [2.05, 4.69) is 15.1 Å². The standard InChI is InChI=1S/C15H14ClN3OS/c16-9-5-6-11-12(7-9)18-15(17-11)21-8-13-10-3-1-2-4-14(10)20-19-13/h5-7H,1-4,8H2,(H,17,18). The van der Waals surface area contributed by atoms with Crippen LogP contribution in [0.5, 0.6) is 0 Å². The lowest BCUT2D eigenvalue weighted by Crippen LogP contribution is -2.01. The molecule has 0 saturated heterocycles. The molecule has 2 heterocycles. The first-order valence-electron chi connectivity index (χ1n) is 7.04. The molecule has 108 valence electrons. The number of nitrogens with zero attached hydrogens (tertiary/aromatic N) is 2. The van der Waals surface area contributed by atoms with Crippen molar-refractivity contribution in [3.63, 3.8) is 0 Å². The smallest absolute Gasteiger partial charge is 0.166 e. The van der Waals surface area contributed by atoms with E-state index in [4.69, 9.17) is 16.1 Å². The van der Waals surface area contributed by atoms with Crippen LogP contribution in [0.15, 0.2) is 27.9 Å². The molecule has 0 radical (unpaired) electrons. The number of imidazole rings is 1. The van der Waals surface area contributed by atoms with Gasteiger partial charge in [-0.05, 0) is 37.5 Å². The SMILES string of the molecule is Clc1ccc2nc(SCc3noc4c3CCCC4)[nH]c2c1. The lowest BCUT2D eigenvalue weighted by Gasteiger charge is -2.08. The minimum absolute atomic E-state index is 0.716. The van der Waals surface area contributed by atoms with Gasteiger partial charge in [0, 0.05) is 22.8 Å². The van der Waals surface area contributed by atoms with Crippen molar-refractivity contribution in [2.75, 3.05) is 0 Å². The molecule has 0 fully saturated rings. The summed E-state index contributed by atoms with van der Waals surface area (Å²) in [7, 11) is 0. The molecule has 1 N–H and O–H groups in total. The largest absolute Gasteiger partial charge is 0.361 e. The summed E-state index contributed by atoms with van der Waals surface area (Å²) in [6.07, 6.45) is 4.55. The normalized spacial score (nSPS) is 14.5. The van der Waals surface area contributed by atoms with E-state index < -0.39 is 0 Å². The molecule has 0 bridgehead atoms. The number of rotatable bonds is 3. The van der Waals surface area contributed by atoms with Gasteiger partial charge in [-0.3, -0.25) is 0 Å². The first-order chi connectivity index (χ1) is 10.3. The molecular weight excluding hydrogens is 306 g/mol. The Labute approximate surface area is 131 Å². The molecule has 4 nitrogen and oxygen atoms in total. The van der Waals surface area contributed by atoms with Crippen LogP contribution in [0.25, 0.3) is 11.0 Å². The van der Waals surface area contributed by atoms with E-state index in [-0.39, 0.29) is 0 Å². The highest BCUT2D eigenvalue weighted by atomic mass is 35.5. The van der Waals surface area contributed by atoms with E-state index in [1.807, 2.05) is 18.2 Å². The third-order valence-electron chi connectivity index (χ3n) is 3.80. The van der Waals surface area contributed by atoms with Gasteiger partial charge < -0.3 is 9.51 Å². The van der Waals surface area contributed by atoms with Gasteiger partial charge in [0.25, 0.3) is 0 Å². The number of aromatic amines is 1. The average molecular weight is 320 g/mol. The number of H-pyrrole nitrogens is 1. The van der Waals surface area contributed by atoms with Gasteiger partial charge in [0.15, 0.2) is 5.16 Å². The summed E-state index contributed by atoms with van der Waals surface area (Å²) >= 11 is 7.64. The monoisotopic (exact) mass is 319 g/mol. The number of hydrogen-bond donors (Lipinski definition) is 1. The van der Waals surface area contributed by atoms with Crippen LogP contribution in [-0.4, -0.2) is 15.1 Å². The quantitative estimate of drug-likeness (QED) is 0.728.